The molecule has 2 unspecified atom stereocenters. The van der Waals surface area contributed by atoms with Crippen molar-refractivity contribution >= 4 is 17.4 Å². The summed E-state index contributed by atoms with van der Waals surface area (Å²) in [5.41, 5.74) is 2.09. The number of thioether (sulfide) groups is 1. The first-order valence-electron chi connectivity index (χ1n) is 5.74. The van der Waals surface area contributed by atoms with Crippen LogP contribution in [0, 0.1) is 12.3 Å². The summed E-state index contributed by atoms with van der Waals surface area (Å²) in [7, 11) is 0. The van der Waals surface area contributed by atoms with Crippen molar-refractivity contribution in [2.75, 3.05) is 11.1 Å². The van der Waals surface area contributed by atoms with Gasteiger partial charge in [-0.25, -0.2) is 0 Å². The lowest BCUT2D eigenvalue weighted by atomic mass is 10.1. The fourth-order valence-electron chi connectivity index (χ4n) is 2.03. The molecule has 1 aromatic rings. The number of nitrogens with one attached hydrogen (secondary N) is 1. The Balaban J connectivity index is 2.05. The third-order valence-electron chi connectivity index (χ3n) is 2.99. The van der Waals surface area contributed by atoms with Crippen molar-refractivity contribution in [2.24, 2.45) is 0 Å². The van der Waals surface area contributed by atoms with Crippen LogP contribution >= 0.6 is 11.8 Å². The molecule has 84 valence electrons. The molecule has 1 N–H and O–H groups in total. The summed E-state index contributed by atoms with van der Waals surface area (Å²) in [4.78, 5) is 0. The number of terminal acetylenes is 1. The topological polar surface area (TPSA) is 12.0 Å². The number of anilines is 1. The van der Waals surface area contributed by atoms with Crippen molar-refractivity contribution in [3.63, 3.8) is 0 Å². The first kappa shape index (κ1) is 11.4. The minimum Gasteiger partial charge on any atom is -0.381 e. The van der Waals surface area contributed by atoms with E-state index in [0.29, 0.717) is 11.3 Å². The molecule has 0 radical (unpaired) electrons. The lowest BCUT2D eigenvalue weighted by molar-refractivity contribution is 0.617. The van der Waals surface area contributed by atoms with Crippen LogP contribution in [-0.2, 0) is 0 Å². The highest BCUT2D eigenvalue weighted by Gasteiger charge is 2.21. The third kappa shape index (κ3) is 2.74. The fourth-order valence-corrected chi connectivity index (χ4v) is 3.17. The maximum Gasteiger partial charge on any atom is 0.0377 e. The van der Waals surface area contributed by atoms with Crippen molar-refractivity contribution in [3.05, 3.63) is 29.8 Å². The lowest BCUT2D eigenvalue weighted by Crippen LogP contribution is -2.32. The Bertz CT molecular complexity index is 394. The molecule has 0 aliphatic carbocycles. The van der Waals surface area contributed by atoms with Gasteiger partial charge in [0.05, 0.1) is 0 Å². The summed E-state index contributed by atoms with van der Waals surface area (Å²) >= 11 is 2.05. The summed E-state index contributed by atoms with van der Waals surface area (Å²) in [6, 6.07) is 8.69. The standard InChI is InChI=1S/C14H17NS/c1-3-12-6-4-7-13(10-12)15-14-8-5-9-16-11(14)2/h1,4,6-7,10-11,14-15H,5,8-9H2,2H3. The van der Waals surface area contributed by atoms with Gasteiger partial charge in [0.25, 0.3) is 0 Å². The van der Waals surface area contributed by atoms with Gasteiger partial charge in [0, 0.05) is 22.5 Å². The minimum absolute atomic E-state index is 0.576. The van der Waals surface area contributed by atoms with E-state index in [0.717, 1.165) is 11.3 Å². The minimum atomic E-state index is 0.576. The van der Waals surface area contributed by atoms with Gasteiger partial charge in [0.2, 0.25) is 0 Å². The number of rotatable bonds is 2. The number of benzene rings is 1. The smallest absolute Gasteiger partial charge is 0.0377 e. The summed E-state index contributed by atoms with van der Waals surface area (Å²) in [5.74, 6) is 3.97. The van der Waals surface area contributed by atoms with E-state index in [4.69, 9.17) is 6.42 Å². The van der Waals surface area contributed by atoms with Gasteiger partial charge in [-0.15, -0.1) is 6.42 Å². The highest BCUT2D eigenvalue weighted by atomic mass is 32.2. The molecule has 16 heavy (non-hydrogen) atoms. The first-order valence-corrected chi connectivity index (χ1v) is 6.79. The summed E-state index contributed by atoms with van der Waals surface area (Å²) < 4.78 is 0. The van der Waals surface area contributed by atoms with Gasteiger partial charge in [0.15, 0.2) is 0 Å². The van der Waals surface area contributed by atoms with Gasteiger partial charge in [-0.2, -0.15) is 11.8 Å². The average molecular weight is 231 g/mol. The van der Waals surface area contributed by atoms with Crippen molar-refractivity contribution in [1.29, 1.82) is 0 Å². The molecular formula is C14H17NS. The predicted molar refractivity (Wildman–Crippen MR) is 72.9 cm³/mol. The summed E-state index contributed by atoms with van der Waals surface area (Å²) in [5, 5.41) is 4.27. The summed E-state index contributed by atoms with van der Waals surface area (Å²) in [6.07, 6.45) is 7.96. The molecule has 1 nitrogen and oxygen atoms in total. The maximum absolute atomic E-state index is 5.40. The van der Waals surface area contributed by atoms with Crippen LogP contribution in [0.25, 0.3) is 0 Å². The zero-order valence-corrected chi connectivity index (χ0v) is 10.4. The molecular weight excluding hydrogens is 214 g/mol. The SMILES string of the molecule is C#Cc1cccc(NC2CCCSC2C)c1. The predicted octanol–water partition coefficient (Wildman–Crippen LogP) is 3.36. The van der Waals surface area contributed by atoms with Crippen molar-refractivity contribution in [3.8, 4) is 12.3 Å². The summed E-state index contributed by atoms with van der Waals surface area (Å²) in [6.45, 7) is 2.30. The fraction of sp³-hybridized carbons (Fsp3) is 0.429. The van der Waals surface area contributed by atoms with E-state index in [2.05, 4.69) is 36.0 Å². The van der Waals surface area contributed by atoms with E-state index in [9.17, 15) is 0 Å². The highest BCUT2D eigenvalue weighted by Crippen LogP contribution is 2.27. The molecule has 2 rings (SSSR count). The van der Waals surface area contributed by atoms with Crippen LogP contribution in [-0.4, -0.2) is 17.0 Å². The van der Waals surface area contributed by atoms with E-state index in [-0.39, 0.29) is 0 Å². The zero-order chi connectivity index (χ0) is 11.4. The number of hydrogen-bond donors (Lipinski definition) is 1. The van der Waals surface area contributed by atoms with E-state index in [1.807, 2.05) is 18.2 Å². The molecule has 1 fully saturated rings. The van der Waals surface area contributed by atoms with Gasteiger partial charge in [0.1, 0.15) is 0 Å². The van der Waals surface area contributed by atoms with Crippen LogP contribution in [0.15, 0.2) is 24.3 Å². The van der Waals surface area contributed by atoms with Crippen LogP contribution in [0.5, 0.6) is 0 Å². The average Bonchev–Trinajstić information content (AvgIpc) is 2.32. The van der Waals surface area contributed by atoms with Gasteiger partial charge in [-0.05, 0) is 36.8 Å². The zero-order valence-electron chi connectivity index (χ0n) is 9.57. The lowest BCUT2D eigenvalue weighted by Gasteiger charge is -2.30. The van der Waals surface area contributed by atoms with E-state index < -0.39 is 0 Å². The second-order valence-electron chi connectivity index (χ2n) is 4.19. The first-order chi connectivity index (χ1) is 7.79. The quantitative estimate of drug-likeness (QED) is 0.783. The monoisotopic (exact) mass is 231 g/mol. The molecule has 1 heterocycles. The Morgan fingerprint density at radius 1 is 1.50 bits per heavy atom. The molecule has 1 aliphatic rings. The Hall–Kier alpha value is -1.07. The van der Waals surface area contributed by atoms with Crippen molar-refractivity contribution in [2.45, 2.75) is 31.1 Å². The van der Waals surface area contributed by atoms with Crippen molar-refractivity contribution in [1.82, 2.24) is 0 Å². The largest absolute Gasteiger partial charge is 0.381 e. The van der Waals surface area contributed by atoms with E-state index >= 15 is 0 Å². The highest BCUT2D eigenvalue weighted by molar-refractivity contribution is 8.00. The van der Waals surface area contributed by atoms with Crippen LogP contribution in [0.3, 0.4) is 0 Å². The van der Waals surface area contributed by atoms with E-state index in [1.54, 1.807) is 0 Å². The van der Waals surface area contributed by atoms with Crippen LogP contribution in [0.1, 0.15) is 25.3 Å². The third-order valence-corrected chi connectivity index (χ3v) is 4.37. The maximum atomic E-state index is 5.40. The molecule has 1 aliphatic heterocycles. The number of hydrogen-bond acceptors (Lipinski definition) is 2. The van der Waals surface area contributed by atoms with Crippen molar-refractivity contribution < 1.29 is 0 Å². The van der Waals surface area contributed by atoms with Gasteiger partial charge < -0.3 is 5.32 Å². The molecule has 0 saturated carbocycles. The van der Waals surface area contributed by atoms with Crippen LogP contribution < -0.4 is 5.32 Å². The van der Waals surface area contributed by atoms with E-state index in [1.165, 1.54) is 18.6 Å². The normalized spacial score (nSPS) is 24.8. The molecule has 2 heteroatoms. The molecule has 1 saturated heterocycles. The molecule has 0 bridgehead atoms. The van der Waals surface area contributed by atoms with Gasteiger partial charge >= 0.3 is 0 Å². The van der Waals surface area contributed by atoms with Gasteiger partial charge in [-0.3, -0.25) is 0 Å². The molecule has 1 aromatic carbocycles. The second-order valence-corrected chi connectivity index (χ2v) is 5.68. The van der Waals surface area contributed by atoms with Crippen LogP contribution in [0.2, 0.25) is 0 Å². The Labute approximate surface area is 102 Å². The van der Waals surface area contributed by atoms with Gasteiger partial charge in [-0.1, -0.05) is 18.9 Å². The molecule has 0 spiro atoms. The van der Waals surface area contributed by atoms with Crippen LogP contribution in [0.4, 0.5) is 5.69 Å². The Morgan fingerprint density at radius 3 is 3.12 bits per heavy atom. The molecule has 0 aromatic heterocycles. The molecule has 2 atom stereocenters. The Morgan fingerprint density at radius 2 is 2.38 bits per heavy atom. The Kier molecular flexibility index (Phi) is 3.79. The second kappa shape index (κ2) is 5.32. The molecule has 0 amide bonds.